The third-order valence-corrected chi connectivity index (χ3v) is 2.55. The van der Waals surface area contributed by atoms with Crippen LogP contribution < -0.4 is 5.32 Å². The molecule has 0 unspecified atom stereocenters. The minimum atomic E-state index is 0.585. The summed E-state index contributed by atoms with van der Waals surface area (Å²) in [5.74, 6) is 0. The first-order valence-corrected chi connectivity index (χ1v) is 6.01. The monoisotopic (exact) mass is 236 g/mol. The molecule has 0 atom stereocenters. The normalized spacial score (nSPS) is 9.69. The summed E-state index contributed by atoms with van der Waals surface area (Å²) in [4.78, 5) is 1.41. The van der Waals surface area contributed by atoms with Crippen molar-refractivity contribution >= 4 is 11.3 Å². The Kier molecular flexibility index (Phi) is 6.29. The van der Waals surface area contributed by atoms with Crippen LogP contribution in [0.5, 0.6) is 0 Å². The first-order valence-electron chi connectivity index (χ1n) is 5.13. The predicted molar refractivity (Wildman–Crippen MR) is 66.1 cm³/mol. The minimum absolute atomic E-state index is 0.585. The predicted octanol–water partition coefficient (Wildman–Crippen LogP) is 2.12. The minimum Gasteiger partial charge on any atom is -0.310 e. The van der Waals surface area contributed by atoms with Gasteiger partial charge in [-0.3, -0.25) is 0 Å². The Morgan fingerprint density at radius 2 is 2.00 bits per heavy atom. The summed E-state index contributed by atoms with van der Waals surface area (Å²) >= 11 is 1.80. The van der Waals surface area contributed by atoms with Crippen molar-refractivity contribution in [1.29, 1.82) is 0 Å². The molecule has 5 heteroatoms. The van der Waals surface area contributed by atoms with Gasteiger partial charge in [-0.1, -0.05) is 19.9 Å². The second-order valence-electron chi connectivity index (χ2n) is 3.43. The maximum absolute atomic E-state index is 3.42. The maximum Gasteiger partial charge on any atom is 0.0529 e. The van der Waals surface area contributed by atoms with Crippen molar-refractivity contribution in [1.82, 2.24) is 20.7 Å². The van der Waals surface area contributed by atoms with Gasteiger partial charge >= 0.3 is 0 Å². The van der Waals surface area contributed by atoms with Gasteiger partial charge in [0.15, 0.2) is 0 Å². The SMILES string of the molecule is CC(C)NCc1cccs1.c1cnnnc1. The summed E-state index contributed by atoms with van der Waals surface area (Å²) in [6, 6.07) is 6.54. The third kappa shape index (κ3) is 6.21. The van der Waals surface area contributed by atoms with Crippen LogP contribution in [0.15, 0.2) is 36.0 Å². The molecule has 0 fully saturated rings. The van der Waals surface area contributed by atoms with E-state index in [-0.39, 0.29) is 0 Å². The number of rotatable bonds is 3. The summed E-state index contributed by atoms with van der Waals surface area (Å²) in [6.07, 6.45) is 3.15. The van der Waals surface area contributed by atoms with Gasteiger partial charge in [-0.25, -0.2) is 0 Å². The van der Waals surface area contributed by atoms with E-state index in [1.807, 2.05) is 0 Å². The van der Waals surface area contributed by atoms with Crippen LogP contribution in [0.1, 0.15) is 18.7 Å². The molecule has 0 saturated heterocycles. The van der Waals surface area contributed by atoms with E-state index in [9.17, 15) is 0 Å². The highest BCUT2D eigenvalue weighted by atomic mass is 32.1. The molecule has 2 rings (SSSR count). The van der Waals surface area contributed by atoms with Gasteiger partial charge in [-0.05, 0) is 22.7 Å². The zero-order valence-corrected chi connectivity index (χ0v) is 10.3. The van der Waals surface area contributed by atoms with Crippen molar-refractivity contribution in [3.8, 4) is 0 Å². The Bertz CT molecular complexity index is 321. The van der Waals surface area contributed by atoms with Crippen molar-refractivity contribution in [3.05, 3.63) is 40.8 Å². The zero-order chi connectivity index (χ0) is 11.6. The summed E-state index contributed by atoms with van der Waals surface area (Å²) < 4.78 is 0. The summed E-state index contributed by atoms with van der Waals surface area (Å²) in [5, 5.41) is 15.6. The molecule has 0 aromatic carbocycles. The molecule has 0 saturated carbocycles. The zero-order valence-electron chi connectivity index (χ0n) is 9.50. The molecule has 0 amide bonds. The molecule has 0 aliphatic carbocycles. The van der Waals surface area contributed by atoms with E-state index in [0.717, 1.165) is 6.54 Å². The van der Waals surface area contributed by atoms with Crippen LogP contribution >= 0.6 is 11.3 Å². The Morgan fingerprint density at radius 3 is 2.38 bits per heavy atom. The van der Waals surface area contributed by atoms with E-state index in [2.05, 4.69) is 52.1 Å². The Balaban J connectivity index is 0.000000181. The fraction of sp³-hybridized carbons (Fsp3) is 0.364. The third-order valence-electron chi connectivity index (χ3n) is 1.67. The topological polar surface area (TPSA) is 50.7 Å². The van der Waals surface area contributed by atoms with Gasteiger partial charge < -0.3 is 5.32 Å². The van der Waals surface area contributed by atoms with Crippen molar-refractivity contribution in [2.24, 2.45) is 0 Å². The highest BCUT2D eigenvalue weighted by Crippen LogP contribution is 2.07. The van der Waals surface area contributed by atoms with Crippen LogP contribution in [0.25, 0.3) is 0 Å². The maximum atomic E-state index is 3.42. The van der Waals surface area contributed by atoms with Crippen LogP contribution in [0.4, 0.5) is 0 Å². The summed E-state index contributed by atoms with van der Waals surface area (Å²) in [6.45, 7) is 5.33. The number of hydrogen-bond acceptors (Lipinski definition) is 5. The van der Waals surface area contributed by atoms with E-state index in [4.69, 9.17) is 0 Å². The molecule has 0 spiro atoms. The number of aromatic nitrogens is 3. The molecule has 2 aromatic rings. The molecular weight excluding hydrogens is 220 g/mol. The van der Waals surface area contributed by atoms with E-state index in [0.29, 0.717) is 6.04 Å². The standard InChI is InChI=1S/C8H13NS.C3H3N3/c1-7(2)9-6-8-4-3-5-10-8;1-2-4-6-5-3-1/h3-5,7,9H,6H2,1-2H3;1-3H. The molecule has 2 aromatic heterocycles. The second kappa shape index (κ2) is 7.90. The number of hydrogen-bond donors (Lipinski definition) is 1. The lowest BCUT2D eigenvalue weighted by atomic mass is 10.4. The molecule has 0 radical (unpaired) electrons. The molecule has 0 aliphatic rings. The van der Waals surface area contributed by atoms with Crippen LogP contribution in [0.2, 0.25) is 0 Å². The first kappa shape index (κ1) is 12.7. The van der Waals surface area contributed by atoms with E-state index >= 15 is 0 Å². The first-order chi connectivity index (χ1) is 7.79. The summed E-state index contributed by atoms with van der Waals surface area (Å²) in [7, 11) is 0. The van der Waals surface area contributed by atoms with Crippen LogP contribution in [0.3, 0.4) is 0 Å². The van der Waals surface area contributed by atoms with Crippen molar-refractivity contribution < 1.29 is 0 Å². The van der Waals surface area contributed by atoms with Gasteiger partial charge in [0.25, 0.3) is 0 Å². The molecule has 16 heavy (non-hydrogen) atoms. The number of thiophene rings is 1. The average molecular weight is 236 g/mol. The molecule has 2 heterocycles. The second-order valence-corrected chi connectivity index (χ2v) is 4.46. The number of nitrogens with zero attached hydrogens (tertiary/aromatic N) is 3. The Hall–Kier alpha value is -1.33. The van der Waals surface area contributed by atoms with Gasteiger partial charge in [-0.15, -0.1) is 21.5 Å². The van der Waals surface area contributed by atoms with E-state index in [1.165, 1.54) is 4.88 Å². The highest BCUT2D eigenvalue weighted by Gasteiger charge is 1.93. The molecular formula is C11H16N4S. The van der Waals surface area contributed by atoms with Crippen LogP contribution in [-0.2, 0) is 6.54 Å². The molecule has 4 nitrogen and oxygen atoms in total. The highest BCUT2D eigenvalue weighted by molar-refractivity contribution is 7.09. The molecule has 1 N–H and O–H groups in total. The Morgan fingerprint density at radius 1 is 1.25 bits per heavy atom. The van der Waals surface area contributed by atoms with Crippen molar-refractivity contribution in [3.63, 3.8) is 0 Å². The largest absolute Gasteiger partial charge is 0.310 e. The summed E-state index contributed by atoms with van der Waals surface area (Å²) in [5.41, 5.74) is 0. The van der Waals surface area contributed by atoms with Crippen molar-refractivity contribution in [2.45, 2.75) is 26.4 Å². The lowest BCUT2D eigenvalue weighted by Gasteiger charge is -2.04. The lowest BCUT2D eigenvalue weighted by Crippen LogP contribution is -2.21. The quantitative estimate of drug-likeness (QED) is 0.887. The average Bonchev–Trinajstić information content (AvgIpc) is 2.82. The fourth-order valence-corrected chi connectivity index (χ4v) is 1.58. The van der Waals surface area contributed by atoms with E-state index < -0.39 is 0 Å². The van der Waals surface area contributed by atoms with Gasteiger partial charge in [0, 0.05) is 17.5 Å². The smallest absolute Gasteiger partial charge is 0.0529 e. The van der Waals surface area contributed by atoms with Gasteiger partial charge in [0.1, 0.15) is 0 Å². The van der Waals surface area contributed by atoms with E-state index in [1.54, 1.807) is 29.8 Å². The van der Waals surface area contributed by atoms with Gasteiger partial charge in [-0.2, -0.15) is 0 Å². The van der Waals surface area contributed by atoms with Gasteiger partial charge in [0.2, 0.25) is 0 Å². The Labute approximate surface area is 99.7 Å². The fourth-order valence-electron chi connectivity index (χ4n) is 0.923. The molecule has 0 bridgehead atoms. The van der Waals surface area contributed by atoms with Gasteiger partial charge in [0.05, 0.1) is 12.4 Å². The lowest BCUT2D eigenvalue weighted by molar-refractivity contribution is 0.593. The number of nitrogens with one attached hydrogen (secondary N) is 1. The van der Waals surface area contributed by atoms with Crippen molar-refractivity contribution in [2.75, 3.05) is 0 Å². The molecule has 86 valence electrons. The van der Waals surface area contributed by atoms with Crippen LogP contribution in [-0.4, -0.2) is 21.5 Å². The van der Waals surface area contributed by atoms with Crippen LogP contribution in [0, 0.1) is 0 Å². The molecule has 0 aliphatic heterocycles.